The average Bonchev–Trinajstić information content (AvgIpc) is 2.27. The molecule has 0 N–H and O–H groups in total. The highest BCUT2D eigenvalue weighted by atomic mass is 35.5. The second-order valence-electron chi connectivity index (χ2n) is 3.89. The number of ether oxygens (including phenoxy) is 1. The Morgan fingerprint density at radius 3 is 2.94 bits per heavy atom. The zero-order valence-electron chi connectivity index (χ0n) is 9.29. The summed E-state index contributed by atoms with van der Waals surface area (Å²) in [5.41, 5.74) is 1.64. The monoisotopic (exact) mass is 240 g/mol. The number of nitrogens with zero attached hydrogens (tertiary/aromatic N) is 2. The highest BCUT2D eigenvalue weighted by Crippen LogP contribution is 2.33. The summed E-state index contributed by atoms with van der Waals surface area (Å²) in [5, 5.41) is 0.469. The molecule has 0 aliphatic heterocycles. The summed E-state index contributed by atoms with van der Waals surface area (Å²) >= 11 is 6.06. The molecule has 16 heavy (non-hydrogen) atoms. The molecular formula is C11H13ClN2O2. The molecule has 0 aromatic carbocycles. The zero-order chi connectivity index (χ0) is 11.7. The average molecular weight is 241 g/mol. The van der Waals surface area contributed by atoms with Crippen LogP contribution in [0.25, 0.3) is 0 Å². The molecule has 86 valence electrons. The normalized spacial score (nSPS) is 19.1. The van der Waals surface area contributed by atoms with Crippen LogP contribution >= 0.6 is 11.6 Å². The Balaban J connectivity index is 2.49. The van der Waals surface area contributed by atoms with E-state index < -0.39 is 0 Å². The van der Waals surface area contributed by atoms with E-state index in [9.17, 15) is 4.79 Å². The molecule has 5 heteroatoms. The molecule has 1 atom stereocenters. The Bertz CT molecular complexity index is 434. The van der Waals surface area contributed by atoms with Crippen LogP contribution in [0.15, 0.2) is 0 Å². The predicted octanol–water partition coefficient (Wildman–Crippen LogP) is 2.03. The number of hydrogen-bond acceptors (Lipinski definition) is 4. The van der Waals surface area contributed by atoms with Crippen LogP contribution < -0.4 is 0 Å². The van der Waals surface area contributed by atoms with Gasteiger partial charge in [-0.25, -0.2) is 9.97 Å². The summed E-state index contributed by atoms with van der Waals surface area (Å²) in [6, 6.07) is 0. The number of aromatic nitrogens is 2. The third kappa shape index (κ3) is 1.89. The van der Waals surface area contributed by atoms with Crippen molar-refractivity contribution in [3.05, 3.63) is 22.2 Å². The molecule has 0 bridgehead atoms. The minimum absolute atomic E-state index is 0.241. The van der Waals surface area contributed by atoms with Crippen LogP contribution in [0.1, 0.15) is 35.8 Å². The van der Waals surface area contributed by atoms with Gasteiger partial charge in [0.2, 0.25) is 0 Å². The minimum Gasteiger partial charge on any atom is -0.469 e. The smallest absolute Gasteiger partial charge is 0.314 e. The summed E-state index contributed by atoms with van der Waals surface area (Å²) in [5.74, 6) is 0.0719. The van der Waals surface area contributed by atoms with E-state index >= 15 is 0 Å². The molecule has 4 nitrogen and oxygen atoms in total. The topological polar surface area (TPSA) is 52.1 Å². The van der Waals surface area contributed by atoms with Gasteiger partial charge in [0.05, 0.1) is 18.7 Å². The van der Waals surface area contributed by atoms with Crippen molar-refractivity contribution in [2.45, 2.75) is 32.1 Å². The van der Waals surface area contributed by atoms with E-state index in [2.05, 4.69) is 9.97 Å². The van der Waals surface area contributed by atoms with Crippen molar-refractivity contribution < 1.29 is 9.53 Å². The van der Waals surface area contributed by atoms with Gasteiger partial charge >= 0.3 is 5.97 Å². The van der Waals surface area contributed by atoms with Gasteiger partial charge in [0.15, 0.2) is 0 Å². The first-order valence-corrected chi connectivity index (χ1v) is 5.62. The SMILES string of the molecule is COC(=O)C1CCCc2c(Cl)nc(C)nc21. The van der Waals surface area contributed by atoms with Gasteiger partial charge in [-0.05, 0) is 26.2 Å². The molecule has 1 aliphatic rings. The molecule has 0 fully saturated rings. The van der Waals surface area contributed by atoms with Crippen molar-refractivity contribution in [3.63, 3.8) is 0 Å². The van der Waals surface area contributed by atoms with E-state index in [4.69, 9.17) is 16.3 Å². The second-order valence-corrected chi connectivity index (χ2v) is 4.25. The maximum atomic E-state index is 11.6. The van der Waals surface area contributed by atoms with E-state index in [0.717, 1.165) is 30.5 Å². The van der Waals surface area contributed by atoms with Crippen molar-refractivity contribution >= 4 is 17.6 Å². The Kier molecular flexibility index (Phi) is 3.10. The number of rotatable bonds is 1. The number of esters is 1. The summed E-state index contributed by atoms with van der Waals surface area (Å²) in [7, 11) is 1.40. The molecule has 0 amide bonds. The van der Waals surface area contributed by atoms with Gasteiger partial charge in [0.25, 0.3) is 0 Å². The fourth-order valence-corrected chi connectivity index (χ4v) is 2.41. The quantitative estimate of drug-likeness (QED) is 0.557. The lowest BCUT2D eigenvalue weighted by atomic mass is 9.87. The standard InChI is InChI=1S/C11H13ClN2O2/c1-6-13-9-7(10(12)14-6)4-3-5-8(9)11(15)16-2/h8H,3-5H2,1-2H3. The number of fused-ring (bicyclic) bond motifs is 1. The van der Waals surface area contributed by atoms with Crippen LogP contribution in [0, 0.1) is 6.92 Å². The molecule has 2 rings (SSSR count). The van der Waals surface area contributed by atoms with Gasteiger partial charge in [0, 0.05) is 5.56 Å². The maximum absolute atomic E-state index is 11.6. The van der Waals surface area contributed by atoms with Crippen molar-refractivity contribution in [3.8, 4) is 0 Å². The van der Waals surface area contributed by atoms with Gasteiger partial charge in [-0.1, -0.05) is 11.6 Å². The summed E-state index contributed by atoms with van der Waals surface area (Å²) in [4.78, 5) is 20.1. The first-order chi connectivity index (χ1) is 7.63. The van der Waals surface area contributed by atoms with E-state index in [1.165, 1.54) is 7.11 Å². The van der Waals surface area contributed by atoms with Gasteiger partial charge in [-0.3, -0.25) is 4.79 Å². The highest BCUT2D eigenvalue weighted by Gasteiger charge is 2.30. The summed E-state index contributed by atoms with van der Waals surface area (Å²) < 4.78 is 4.78. The first-order valence-electron chi connectivity index (χ1n) is 5.24. The summed E-state index contributed by atoms with van der Waals surface area (Å²) in [6.45, 7) is 1.77. The van der Waals surface area contributed by atoms with Crippen molar-refractivity contribution in [1.82, 2.24) is 9.97 Å². The number of methoxy groups -OCH3 is 1. The number of carbonyl (C=O) groups is 1. The van der Waals surface area contributed by atoms with Crippen LogP contribution in [-0.4, -0.2) is 23.0 Å². The zero-order valence-corrected chi connectivity index (χ0v) is 10.0. The van der Waals surface area contributed by atoms with E-state index in [-0.39, 0.29) is 11.9 Å². The molecular weight excluding hydrogens is 228 g/mol. The third-order valence-corrected chi connectivity index (χ3v) is 3.15. The Labute approximate surface area is 99.0 Å². The Hall–Kier alpha value is -1.16. The van der Waals surface area contributed by atoms with E-state index in [1.54, 1.807) is 6.92 Å². The molecule has 1 heterocycles. The van der Waals surface area contributed by atoms with Gasteiger partial charge < -0.3 is 4.74 Å². The molecule has 0 saturated carbocycles. The maximum Gasteiger partial charge on any atom is 0.314 e. The molecule has 1 aromatic heterocycles. The molecule has 0 saturated heterocycles. The number of carbonyl (C=O) groups excluding carboxylic acids is 1. The Morgan fingerprint density at radius 2 is 2.25 bits per heavy atom. The molecule has 1 aliphatic carbocycles. The second kappa shape index (κ2) is 4.37. The summed E-state index contributed by atoms with van der Waals surface area (Å²) in [6.07, 6.45) is 2.52. The van der Waals surface area contributed by atoms with Crippen LogP contribution in [0.4, 0.5) is 0 Å². The molecule has 0 radical (unpaired) electrons. The number of aryl methyl sites for hydroxylation is 1. The minimum atomic E-state index is -0.284. The van der Waals surface area contributed by atoms with Crippen LogP contribution in [-0.2, 0) is 16.0 Å². The largest absolute Gasteiger partial charge is 0.469 e. The lowest BCUT2D eigenvalue weighted by Gasteiger charge is -2.23. The lowest BCUT2D eigenvalue weighted by Crippen LogP contribution is -2.22. The van der Waals surface area contributed by atoms with Gasteiger partial charge in [-0.15, -0.1) is 0 Å². The lowest BCUT2D eigenvalue weighted by molar-refractivity contribution is -0.142. The van der Waals surface area contributed by atoms with Gasteiger partial charge in [0.1, 0.15) is 11.0 Å². The fraction of sp³-hybridized carbons (Fsp3) is 0.545. The van der Waals surface area contributed by atoms with Gasteiger partial charge in [-0.2, -0.15) is 0 Å². The third-order valence-electron chi connectivity index (χ3n) is 2.84. The van der Waals surface area contributed by atoms with Crippen molar-refractivity contribution in [2.24, 2.45) is 0 Å². The number of halogens is 1. The van der Waals surface area contributed by atoms with Crippen LogP contribution in [0.2, 0.25) is 5.15 Å². The molecule has 1 unspecified atom stereocenters. The molecule has 0 spiro atoms. The number of hydrogen-bond donors (Lipinski definition) is 0. The van der Waals surface area contributed by atoms with E-state index in [0.29, 0.717) is 11.0 Å². The van der Waals surface area contributed by atoms with Crippen molar-refractivity contribution in [1.29, 1.82) is 0 Å². The molecule has 1 aromatic rings. The van der Waals surface area contributed by atoms with Crippen molar-refractivity contribution in [2.75, 3.05) is 7.11 Å². The van der Waals surface area contributed by atoms with Crippen LogP contribution in [0.3, 0.4) is 0 Å². The van der Waals surface area contributed by atoms with E-state index in [1.807, 2.05) is 0 Å². The predicted molar refractivity (Wildman–Crippen MR) is 59.5 cm³/mol. The fourth-order valence-electron chi connectivity index (χ4n) is 2.09. The first kappa shape index (κ1) is 11.3. The van der Waals surface area contributed by atoms with Crippen LogP contribution in [0.5, 0.6) is 0 Å². The Morgan fingerprint density at radius 1 is 1.50 bits per heavy atom. The highest BCUT2D eigenvalue weighted by molar-refractivity contribution is 6.30.